The van der Waals surface area contributed by atoms with Gasteiger partial charge in [0.25, 0.3) is 0 Å². The van der Waals surface area contributed by atoms with E-state index in [1.807, 2.05) is 0 Å². The van der Waals surface area contributed by atoms with Crippen molar-refractivity contribution in [3.05, 3.63) is 17.2 Å². The van der Waals surface area contributed by atoms with Crippen molar-refractivity contribution in [2.24, 2.45) is 0 Å². The first kappa shape index (κ1) is 23.1. The van der Waals surface area contributed by atoms with Crippen molar-refractivity contribution in [1.29, 1.82) is 0 Å². The SMILES string of the molecule is CCCCCCCCCCCCc1c(C(=O)O)cc(OC)c(OC)c1OC. The Morgan fingerprint density at radius 3 is 1.78 bits per heavy atom. The second kappa shape index (κ2) is 13.3. The molecule has 1 aromatic carbocycles. The van der Waals surface area contributed by atoms with E-state index in [0.717, 1.165) is 12.8 Å². The largest absolute Gasteiger partial charge is 0.493 e. The molecule has 0 amide bonds. The fraction of sp³-hybridized carbons (Fsp3) is 0.682. The molecule has 0 bridgehead atoms. The van der Waals surface area contributed by atoms with Gasteiger partial charge in [0.05, 0.1) is 26.9 Å². The molecule has 0 saturated heterocycles. The summed E-state index contributed by atoms with van der Waals surface area (Å²) in [6, 6.07) is 1.52. The molecule has 0 atom stereocenters. The normalized spacial score (nSPS) is 10.7. The molecule has 0 fully saturated rings. The topological polar surface area (TPSA) is 65.0 Å². The molecule has 1 N–H and O–H groups in total. The number of carboxylic acid groups (broad SMARTS) is 1. The first-order valence-corrected chi connectivity index (χ1v) is 10.2. The summed E-state index contributed by atoms with van der Waals surface area (Å²) in [4.78, 5) is 11.7. The van der Waals surface area contributed by atoms with E-state index < -0.39 is 5.97 Å². The van der Waals surface area contributed by atoms with Gasteiger partial charge in [0.2, 0.25) is 5.75 Å². The van der Waals surface area contributed by atoms with Crippen LogP contribution >= 0.6 is 0 Å². The highest BCUT2D eigenvalue weighted by Crippen LogP contribution is 2.42. The van der Waals surface area contributed by atoms with E-state index in [1.165, 1.54) is 78.8 Å². The fourth-order valence-electron chi connectivity index (χ4n) is 3.44. The number of rotatable bonds is 15. The molecular formula is C22H36O5. The standard InChI is InChI=1S/C22H36O5/c1-5-6-7-8-9-10-11-12-13-14-15-17-18(22(23)24)16-19(25-2)21(27-4)20(17)26-3/h16H,5-15H2,1-4H3,(H,23,24). The summed E-state index contributed by atoms with van der Waals surface area (Å²) >= 11 is 0. The molecule has 154 valence electrons. The lowest BCUT2D eigenvalue weighted by Gasteiger charge is -2.18. The maximum absolute atomic E-state index is 11.7. The summed E-state index contributed by atoms with van der Waals surface area (Å²) in [5, 5.41) is 9.58. The van der Waals surface area contributed by atoms with E-state index in [1.54, 1.807) is 0 Å². The quantitative estimate of drug-likeness (QED) is 0.385. The summed E-state index contributed by atoms with van der Waals surface area (Å²) in [5.41, 5.74) is 0.905. The molecule has 0 aliphatic rings. The Kier molecular flexibility index (Phi) is 11.4. The van der Waals surface area contributed by atoms with Crippen LogP contribution in [0.4, 0.5) is 0 Å². The number of carbonyl (C=O) groups is 1. The number of methoxy groups -OCH3 is 3. The Morgan fingerprint density at radius 2 is 1.33 bits per heavy atom. The number of benzene rings is 1. The molecule has 1 aromatic rings. The van der Waals surface area contributed by atoms with Gasteiger partial charge < -0.3 is 19.3 Å². The van der Waals surface area contributed by atoms with Gasteiger partial charge in [-0.25, -0.2) is 4.79 Å². The van der Waals surface area contributed by atoms with Crippen molar-refractivity contribution in [2.45, 2.75) is 77.6 Å². The van der Waals surface area contributed by atoms with Crippen LogP contribution in [0.2, 0.25) is 0 Å². The van der Waals surface area contributed by atoms with Crippen LogP contribution in [0.15, 0.2) is 6.07 Å². The van der Waals surface area contributed by atoms with Crippen LogP contribution in [0.1, 0.15) is 87.1 Å². The van der Waals surface area contributed by atoms with Crippen molar-refractivity contribution in [3.63, 3.8) is 0 Å². The third-order valence-electron chi connectivity index (χ3n) is 4.94. The van der Waals surface area contributed by atoms with Gasteiger partial charge in [-0.05, 0) is 18.9 Å². The van der Waals surface area contributed by atoms with Crippen LogP contribution in [0, 0.1) is 0 Å². The van der Waals surface area contributed by atoms with Crippen molar-refractivity contribution in [2.75, 3.05) is 21.3 Å². The number of hydrogen-bond donors (Lipinski definition) is 1. The maximum Gasteiger partial charge on any atom is 0.336 e. The van der Waals surface area contributed by atoms with Crippen molar-refractivity contribution in [1.82, 2.24) is 0 Å². The van der Waals surface area contributed by atoms with Gasteiger partial charge >= 0.3 is 5.97 Å². The number of ether oxygens (including phenoxy) is 3. The number of aromatic carboxylic acids is 1. The van der Waals surface area contributed by atoms with E-state index in [0.29, 0.717) is 29.2 Å². The highest BCUT2D eigenvalue weighted by molar-refractivity contribution is 5.92. The van der Waals surface area contributed by atoms with Crippen molar-refractivity contribution >= 4 is 5.97 Å². The Labute approximate surface area is 164 Å². The Morgan fingerprint density at radius 1 is 0.815 bits per heavy atom. The Bertz CT molecular complexity index is 568. The van der Waals surface area contributed by atoms with E-state index in [-0.39, 0.29) is 5.56 Å². The molecule has 27 heavy (non-hydrogen) atoms. The molecule has 5 heteroatoms. The lowest BCUT2D eigenvalue weighted by atomic mass is 9.98. The van der Waals surface area contributed by atoms with Gasteiger partial charge in [-0.3, -0.25) is 0 Å². The summed E-state index contributed by atoms with van der Waals surface area (Å²) in [5.74, 6) is 0.312. The zero-order valence-corrected chi connectivity index (χ0v) is 17.4. The summed E-state index contributed by atoms with van der Waals surface area (Å²) in [7, 11) is 4.56. The minimum Gasteiger partial charge on any atom is -0.493 e. The highest BCUT2D eigenvalue weighted by Gasteiger charge is 2.23. The van der Waals surface area contributed by atoms with Crippen LogP contribution < -0.4 is 14.2 Å². The minimum atomic E-state index is -0.976. The van der Waals surface area contributed by atoms with Crippen LogP contribution in [0.5, 0.6) is 17.2 Å². The van der Waals surface area contributed by atoms with Crippen LogP contribution in [0.25, 0.3) is 0 Å². The zero-order chi connectivity index (χ0) is 20.1. The summed E-state index contributed by atoms with van der Waals surface area (Å²) in [6.07, 6.45) is 13.1. The molecular weight excluding hydrogens is 344 g/mol. The first-order valence-electron chi connectivity index (χ1n) is 10.2. The lowest BCUT2D eigenvalue weighted by molar-refractivity contribution is 0.0694. The molecule has 5 nitrogen and oxygen atoms in total. The van der Waals surface area contributed by atoms with E-state index in [9.17, 15) is 9.90 Å². The van der Waals surface area contributed by atoms with E-state index in [4.69, 9.17) is 14.2 Å². The molecule has 0 spiro atoms. The van der Waals surface area contributed by atoms with Crippen LogP contribution in [0.3, 0.4) is 0 Å². The molecule has 0 aromatic heterocycles. The van der Waals surface area contributed by atoms with Gasteiger partial charge in [0.15, 0.2) is 11.5 Å². The lowest BCUT2D eigenvalue weighted by Crippen LogP contribution is -2.08. The second-order valence-electron chi connectivity index (χ2n) is 6.91. The van der Waals surface area contributed by atoms with Gasteiger partial charge in [-0.2, -0.15) is 0 Å². The van der Waals surface area contributed by atoms with Gasteiger partial charge in [-0.1, -0.05) is 64.7 Å². The van der Waals surface area contributed by atoms with Gasteiger partial charge in [-0.15, -0.1) is 0 Å². The third kappa shape index (κ3) is 7.31. The number of carboxylic acids is 1. The molecule has 0 radical (unpaired) electrons. The van der Waals surface area contributed by atoms with Crippen LogP contribution in [-0.2, 0) is 6.42 Å². The number of hydrogen-bond acceptors (Lipinski definition) is 4. The van der Waals surface area contributed by atoms with Crippen molar-refractivity contribution < 1.29 is 24.1 Å². The Hall–Kier alpha value is -1.91. The Balaban J connectivity index is 2.59. The molecule has 1 rings (SSSR count). The maximum atomic E-state index is 11.7. The van der Waals surface area contributed by atoms with Gasteiger partial charge in [0.1, 0.15) is 0 Å². The molecule has 0 aliphatic heterocycles. The summed E-state index contributed by atoms with van der Waals surface area (Å²) in [6.45, 7) is 2.24. The van der Waals surface area contributed by atoms with Gasteiger partial charge in [0, 0.05) is 5.56 Å². The summed E-state index contributed by atoms with van der Waals surface area (Å²) < 4.78 is 16.1. The zero-order valence-electron chi connectivity index (χ0n) is 17.4. The number of unbranched alkanes of at least 4 members (excludes halogenated alkanes) is 9. The highest BCUT2D eigenvalue weighted by atomic mass is 16.5. The first-order chi connectivity index (χ1) is 13.1. The average molecular weight is 381 g/mol. The van der Waals surface area contributed by atoms with Crippen LogP contribution in [-0.4, -0.2) is 32.4 Å². The molecule has 0 aliphatic carbocycles. The smallest absolute Gasteiger partial charge is 0.336 e. The predicted octanol–water partition coefficient (Wildman–Crippen LogP) is 5.87. The molecule has 0 unspecified atom stereocenters. The van der Waals surface area contributed by atoms with E-state index in [2.05, 4.69) is 6.92 Å². The van der Waals surface area contributed by atoms with E-state index >= 15 is 0 Å². The monoisotopic (exact) mass is 380 g/mol. The average Bonchev–Trinajstić information content (AvgIpc) is 2.67. The minimum absolute atomic E-state index is 0.223. The predicted molar refractivity (Wildman–Crippen MR) is 109 cm³/mol. The molecule has 0 saturated carbocycles. The third-order valence-corrected chi connectivity index (χ3v) is 4.94. The second-order valence-corrected chi connectivity index (χ2v) is 6.91. The molecule has 0 heterocycles. The van der Waals surface area contributed by atoms with Crippen molar-refractivity contribution in [3.8, 4) is 17.2 Å². The fourth-order valence-corrected chi connectivity index (χ4v) is 3.44.